The van der Waals surface area contributed by atoms with E-state index in [9.17, 15) is 31.2 Å². The van der Waals surface area contributed by atoms with Gasteiger partial charge in [0.25, 0.3) is 15.9 Å². The maximum absolute atomic E-state index is 15.9. The molecule has 0 aliphatic heterocycles. The average Bonchev–Trinajstić information content (AvgIpc) is 3.49. The van der Waals surface area contributed by atoms with Crippen LogP contribution in [0.4, 0.5) is 22.0 Å². The van der Waals surface area contributed by atoms with E-state index in [-0.39, 0.29) is 57.1 Å². The van der Waals surface area contributed by atoms with E-state index in [1.807, 2.05) is 6.92 Å². The maximum Gasteiger partial charge on any atom is 0.573 e. The van der Waals surface area contributed by atoms with Gasteiger partial charge >= 0.3 is 12.3 Å². The van der Waals surface area contributed by atoms with Crippen LogP contribution in [0.2, 0.25) is 5.02 Å². The Bertz CT molecular complexity index is 2210. The van der Waals surface area contributed by atoms with Crippen LogP contribution in [0, 0.1) is 11.6 Å². The van der Waals surface area contributed by atoms with Gasteiger partial charge in [-0.3, -0.25) is 9.59 Å². The molecule has 1 aromatic heterocycles. The van der Waals surface area contributed by atoms with Gasteiger partial charge < -0.3 is 14.8 Å². The van der Waals surface area contributed by atoms with Gasteiger partial charge in [0.1, 0.15) is 11.3 Å². The molecule has 53 heavy (non-hydrogen) atoms. The molecule has 5 aromatic rings. The number of carbonyl (C=O) groups is 2. The molecule has 0 radical (unpaired) electrons. The highest BCUT2D eigenvalue weighted by Crippen LogP contribution is 2.46. The fraction of sp³-hybridized carbons (Fsp3) is 0.263. The second kappa shape index (κ2) is 16.4. The summed E-state index contributed by atoms with van der Waals surface area (Å²) in [6.45, 7) is 3.78. The summed E-state index contributed by atoms with van der Waals surface area (Å²) in [5, 5.41) is 2.66. The highest BCUT2D eigenvalue weighted by molar-refractivity contribution is 7.90. The number of benzene rings is 4. The van der Waals surface area contributed by atoms with E-state index >= 15 is 8.78 Å². The van der Waals surface area contributed by atoms with Gasteiger partial charge in [-0.1, -0.05) is 61.3 Å². The zero-order valence-corrected chi connectivity index (χ0v) is 30.0. The number of esters is 1. The predicted molar refractivity (Wildman–Crippen MR) is 189 cm³/mol. The number of rotatable bonds is 14. The molecule has 8 nitrogen and oxygen atoms in total. The van der Waals surface area contributed by atoms with Crippen LogP contribution in [0.3, 0.4) is 0 Å². The predicted octanol–water partition coefficient (Wildman–Crippen LogP) is 9.11. The minimum Gasteiger partial charge on any atom is -0.466 e. The van der Waals surface area contributed by atoms with Crippen LogP contribution >= 0.6 is 11.6 Å². The summed E-state index contributed by atoms with van der Waals surface area (Å²) in [6.07, 6.45) is -3.07. The minimum atomic E-state index is -5.17. The number of hydrogen-bond donors (Lipinski definition) is 1. The molecule has 280 valence electrons. The summed E-state index contributed by atoms with van der Waals surface area (Å²) in [4.78, 5) is 24.4. The third kappa shape index (κ3) is 8.99. The Morgan fingerprint density at radius 3 is 2.21 bits per heavy atom. The van der Waals surface area contributed by atoms with Crippen molar-refractivity contribution in [1.29, 1.82) is 0 Å². The van der Waals surface area contributed by atoms with Gasteiger partial charge in [-0.25, -0.2) is 21.2 Å². The Balaban J connectivity index is 1.68. The van der Waals surface area contributed by atoms with Crippen LogP contribution in [-0.2, 0) is 19.6 Å². The molecule has 0 fully saturated rings. The monoisotopic (exact) mass is 776 g/mol. The Hall–Kier alpha value is -4.95. The molecule has 0 saturated carbocycles. The number of halogens is 6. The van der Waals surface area contributed by atoms with Gasteiger partial charge in [-0.2, -0.15) is 0 Å². The first-order valence-corrected chi connectivity index (χ1v) is 18.4. The van der Waals surface area contributed by atoms with Crippen molar-refractivity contribution in [1.82, 2.24) is 9.29 Å². The SMILES string of the molecule is CCC[C@H](c1ccc(C(=O)NCCC(=O)OCC)cc1)[C@H](c1ccc(OC(F)(F)F)c(F)c1)c1cn(S(=O)(=O)c2ccccc2)c2c(F)cc(Cl)cc12. The largest absolute Gasteiger partial charge is 0.573 e. The number of alkyl halides is 3. The smallest absolute Gasteiger partial charge is 0.466 e. The number of nitrogens with one attached hydrogen (secondary N) is 1. The van der Waals surface area contributed by atoms with Crippen molar-refractivity contribution in [3.05, 3.63) is 130 Å². The third-order valence-corrected chi connectivity index (χ3v) is 10.4. The molecule has 1 N–H and O–H groups in total. The molecular formula is C38H34ClF5N2O6S. The molecule has 4 aromatic carbocycles. The molecule has 0 bridgehead atoms. The lowest BCUT2D eigenvalue weighted by Crippen LogP contribution is -2.26. The Labute approximate surface area is 307 Å². The molecule has 1 heterocycles. The fourth-order valence-electron chi connectivity index (χ4n) is 6.29. The number of amides is 1. The number of carbonyl (C=O) groups excluding carboxylic acids is 2. The van der Waals surface area contributed by atoms with Crippen molar-refractivity contribution < 1.29 is 49.4 Å². The highest BCUT2D eigenvalue weighted by atomic mass is 35.5. The van der Waals surface area contributed by atoms with Crippen LogP contribution in [0.1, 0.15) is 72.0 Å². The molecule has 0 aliphatic rings. The number of aromatic nitrogens is 1. The van der Waals surface area contributed by atoms with Gasteiger partial charge in [0.2, 0.25) is 0 Å². The molecule has 5 rings (SSSR count). The van der Waals surface area contributed by atoms with Gasteiger partial charge in [-0.15, -0.1) is 13.2 Å². The number of nitrogens with zero attached hydrogens (tertiary/aromatic N) is 1. The molecule has 0 spiro atoms. The molecule has 2 atom stereocenters. The van der Waals surface area contributed by atoms with Crippen molar-refractivity contribution in [2.45, 2.75) is 56.2 Å². The van der Waals surface area contributed by atoms with Gasteiger partial charge in [0.05, 0.1) is 17.9 Å². The molecule has 15 heteroatoms. The zero-order valence-electron chi connectivity index (χ0n) is 28.4. The zero-order chi connectivity index (χ0) is 38.5. The summed E-state index contributed by atoms with van der Waals surface area (Å²) in [7, 11) is -4.42. The van der Waals surface area contributed by atoms with Crippen molar-refractivity contribution >= 4 is 44.4 Å². The van der Waals surface area contributed by atoms with Gasteiger partial charge in [0.15, 0.2) is 11.6 Å². The third-order valence-electron chi connectivity index (χ3n) is 8.51. The van der Waals surface area contributed by atoms with E-state index in [0.29, 0.717) is 18.4 Å². The summed E-state index contributed by atoms with van der Waals surface area (Å²) in [6, 6.07) is 19.0. The molecular weight excluding hydrogens is 743 g/mol. The van der Waals surface area contributed by atoms with E-state index in [0.717, 1.165) is 22.2 Å². The van der Waals surface area contributed by atoms with Crippen molar-refractivity contribution in [2.75, 3.05) is 13.2 Å². The van der Waals surface area contributed by atoms with Crippen LogP contribution in [0.5, 0.6) is 5.75 Å². The molecule has 0 aliphatic carbocycles. The van der Waals surface area contributed by atoms with E-state index in [1.165, 1.54) is 54.7 Å². The van der Waals surface area contributed by atoms with Crippen LogP contribution in [0.25, 0.3) is 10.9 Å². The first kappa shape index (κ1) is 39.3. The summed E-state index contributed by atoms with van der Waals surface area (Å²) < 4.78 is 108. The Morgan fingerprint density at radius 1 is 0.906 bits per heavy atom. The lowest BCUT2D eigenvalue weighted by Gasteiger charge is -2.29. The molecule has 0 unspecified atom stereocenters. The number of hydrogen-bond acceptors (Lipinski definition) is 6. The molecule has 0 saturated heterocycles. The van der Waals surface area contributed by atoms with Crippen molar-refractivity contribution in [2.24, 2.45) is 0 Å². The minimum absolute atomic E-state index is 0.0283. The number of ether oxygens (including phenoxy) is 2. The topological polar surface area (TPSA) is 104 Å². The Morgan fingerprint density at radius 2 is 1.58 bits per heavy atom. The van der Waals surface area contributed by atoms with Gasteiger partial charge in [-0.05, 0) is 84.5 Å². The first-order chi connectivity index (χ1) is 25.1. The fourth-order valence-corrected chi connectivity index (χ4v) is 7.90. The van der Waals surface area contributed by atoms with Crippen LogP contribution < -0.4 is 10.1 Å². The lowest BCUT2D eigenvalue weighted by molar-refractivity contribution is -0.275. The summed E-state index contributed by atoms with van der Waals surface area (Å²) in [5.74, 6) is -5.93. The van der Waals surface area contributed by atoms with Crippen LogP contribution in [0.15, 0.2) is 96.0 Å². The van der Waals surface area contributed by atoms with E-state index in [2.05, 4.69) is 10.1 Å². The van der Waals surface area contributed by atoms with Crippen LogP contribution in [-0.4, -0.2) is 43.8 Å². The Kier molecular flexibility index (Phi) is 12.1. The van der Waals surface area contributed by atoms with Crippen molar-refractivity contribution in [3.63, 3.8) is 0 Å². The second-order valence-corrected chi connectivity index (χ2v) is 14.3. The van der Waals surface area contributed by atoms with Gasteiger partial charge in [0, 0.05) is 34.6 Å². The first-order valence-electron chi connectivity index (χ1n) is 16.5. The van der Waals surface area contributed by atoms with E-state index in [1.54, 1.807) is 25.1 Å². The number of fused-ring (bicyclic) bond motifs is 1. The maximum atomic E-state index is 15.9. The van der Waals surface area contributed by atoms with E-state index in [4.69, 9.17) is 16.3 Å². The van der Waals surface area contributed by atoms with Crippen molar-refractivity contribution in [3.8, 4) is 5.75 Å². The highest BCUT2D eigenvalue weighted by Gasteiger charge is 2.35. The summed E-state index contributed by atoms with van der Waals surface area (Å²) >= 11 is 6.32. The van der Waals surface area contributed by atoms with E-state index < -0.39 is 57.5 Å². The molecule has 1 amide bonds. The second-order valence-electron chi connectivity index (χ2n) is 12.0. The standard InChI is InChI=1S/C38H34ClF5N2O6S/c1-3-8-28(23-11-13-24(14-12-23)37(48)45-18-17-34(47)51-4-2)35(25-15-16-33(31(40)19-25)52-38(42,43)44)30-22-46(36-29(30)20-26(39)21-32(36)41)53(49,50)27-9-6-5-7-10-27/h5-7,9-16,19-22,28,35H,3-4,8,17-18H2,1-2H3,(H,45,48)/t28-,35+/m1/s1. The summed E-state index contributed by atoms with van der Waals surface area (Å²) in [5.41, 5.74) is 0.853. The normalized spacial score (nSPS) is 13.1. The average molecular weight is 777 g/mol. The quantitative estimate of drug-likeness (QED) is 0.0892. The lowest BCUT2D eigenvalue weighted by atomic mass is 9.75.